The number of nitrogens with zero attached hydrogens (tertiary/aromatic N) is 4. The molecule has 0 unspecified atom stereocenters. The van der Waals surface area contributed by atoms with Crippen molar-refractivity contribution in [2.45, 2.75) is 25.4 Å². The Kier molecular flexibility index (Phi) is 6.71. The molecule has 1 saturated heterocycles. The smallest absolute Gasteiger partial charge is 0.362 e. The van der Waals surface area contributed by atoms with Crippen LogP contribution in [0, 0.1) is 0 Å². The highest BCUT2D eigenvalue weighted by Crippen LogP contribution is 2.31. The monoisotopic (exact) mass is 419 g/mol. The zero-order valence-corrected chi connectivity index (χ0v) is 16.7. The van der Waals surface area contributed by atoms with E-state index in [0.29, 0.717) is 23.4 Å². The highest BCUT2D eigenvalue weighted by atomic mass is 19.4. The molecule has 6 nitrogen and oxygen atoms in total. The van der Waals surface area contributed by atoms with Crippen LogP contribution in [-0.4, -0.2) is 52.5 Å². The van der Waals surface area contributed by atoms with Gasteiger partial charge >= 0.3 is 6.18 Å². The minimum Gasteiger partial charge on any atom is -0.362 e. The van der Waals surface area contributed by atoms with Crippen molar-refractivity contribution in [1.29, 1.82) is 0 Å². The molecule has 0 saturated carbocycles. The second-order valence-corrected chi connectivity index (χ2v) is 7.34. The van der Waals surface area contributed by atoms with Crippen molar-refractivity contribution < 1.29 is 18.0 Å². The maximum atomic E-state index is 12.8. The number of hydrogen-bond donors (Lipinski definition) is 1. The number of allylic oxidation sites excluding steroid dienone is 1. The van der Waals surface area contributed by atoms with Crippen LogP contribution in [0.5, 0.6) is 0 Å². The van der Waals surface area contributed by atoms with Crippen LogP contribution in [0.3, 0.4) is 0 Å². The zero-order valence-electron chi connectivity index (χ0n) is 16.7. The van der Waals surface area contributed by atoms with Crippen molar-refractivity contribution in [3.63, 3.8) is 0 Å². The summed E-state index contributed by atoms with van der Waals surface area (Å²) < 4.78 is 38.5. The third-order valence-corrected chi connectivity index (χ3v) is 4.90. The first-order valence-corrected chi connectivity index (χ1v) is 9.62. The lowest BCUT2D eigenvalue weighted by atomic mass is 10.1. The van der Waals surface area contributed by atoms with Crippen LogP contribution in [-0.2, 0) is 11.0 Å². The first-order chi connectivity index (χ1) is 14.2. The summed E-state index contributed by atoms with van der Waals surface area (Å²) >= 11 is 0. The van der Waals surface area contributed by atoms with E-state index in [1.54, 1.807) is 12.1 Å². The fourth-order valence-corrected chi connectivity index (χ4v) is 3.24. The van der Waals surface area contributed by atoms with Gasteiger partial charge in [0.2, 0.25) is 5.91 Å². The topological polar surface area (TPSA) is 61.4 Å². The van der Waals surface area contributed by atoms with Gasteiger partial charge < -0.3 is 10.2 Å². The number of halogens is 3. The number of alkyl halides is 3. The number of anilines is 1. The SMILES string of the molecule is C=C(CCC(=O)Nc1ccc(-c2cncc(C(F)(F)F)c2)cn1)N1CCCN(C)C1. The molecule has 3 rings (SSSR count). The number of nitrogens with one attached hydrogen (secondary N) is 1. The predicted octanol–water partition coefficient (Wildman–Crippen LogP) is 3.99. The van der Waals surface area contributed by atoms with Crippen LogP contribution in [0.4, 0.5) is 19.0 Å². The van der Waals surface area contributed by atoms with E-state index >= 15 is 0 Å². The fourth-order valence-electron chi connectivity index (χ4n) is 3.24. The summed E-state index contributed by atoms with van der Waals surface area (Å²) in [5, 5.41) is 2.71. The molecule has 1 aliphatic heterocycles. The molecular formula is C21H24F3N5O. The molecule has 3 heterocycles. The van der Waals surface area contributed by atoms with Crippen molar-refractivity contribution in [3.05, 3.63) is 54.6 Å². The maximum Gasteiger partial charge on any atom is 0.417 e. The van der Waals surface area contributed by atoms with E-state index in [2.05, 4.69) is 38.7 Å². The Bertz CT molecular complexity index is 898. The molecule has 1 aliphatic rings. The van der Waals surface area contributed by atoms with E-state index < -0.39 is 11.7 Å². The molecule has 1 fully saturated rings. The largest absolute Gasteiger partial charge is 0.417 e. The lowest BCUT2D eigenvalue weighted by molar-refractivity contribution is -0.137. The van der Waals surface area contributed by atoms with E-state index in [1.807, 2.05) is 0 Å². The van der Waals surface area contributed by atoms with Gasteiger partial charge in [0, 0.05) is 54.9 Å². The molecule has 30 heavy (non-hydrogen) atoms. The zero-order chi connectivity index (χ0) is 21.7. The van der Waals surface area contributed by atoms with Crippen molar-refractivity contribution in [2.24, 2.45) is 0 Å². The number of carbonyl (C=O) groups is 1. The first kappa shape index (κ1) is 21.8. The number of hydrogen-bond acceptors (Lipinski definition) is 5. The predicted molar refractivity (Wildman–Crippen MR) is 108 cm³/mol. The Morgan fingerprint density at radius 3 is 2.63 bits per heavy atom. The third-order valence-electron chi connectivity index (χ3n) is 4.90. The molecule has 0 spiro atoms. The van der Waals surface area contributed by atoms with Crippen LogP contribution in [0.25, 0.3) is 11.1 Å². The normalized spacial score (nSPS) is 15.1. The van der Waals surface area contributed by atoms with Crippen LogP contribution in [0.2, 0.25) is 0 Å². The lowest BCUT2D eigenvalue weighted by Crippen LogP contribution is -2.41. The summed E-state index contributed by atoms with van der Waals surface area (Å²) in [4.78, 5) is 24.4. The van der Waals surface area contributed by atoms with E-state index in [0.717, 1.165) is 44.1 Å². The fraction of sp³-hybridized carbons (Fsp3) is 0.381. The average Bonchev–Trinajstić information content (AvgIpc) is 2.72. The number of pyridine rings is 2. The number of carbonyl (C=O) groups excluding carboxylic acids is 1. The molecule has 0 aliphatic carbocycles. The number of aromatic nitrogens is 2. The quantitative estimate of drug-likeness (QED) is 0.767. The van der Waals surface area contributed by atoms with Gasteiger partial charge in [-0.05, 0) is 38.1 Å². The highest BCUT2D eigenvalue weighted by Gasteiger charge is 2.31. The van der Waals surface area contributed by atoms with Gasteiger partial charge in [0.25, 0.3) is 0 Å². The molecule has 0 radical (unpaired) electrons. The van der Waals surface area contributed by atoms with E-state index in [1.165, 1.54) is 12.4 Å². The van der Waals surface area contributed by atoms with Crippen molar-refractivity contribution in [2.75, 3.05) is 32.1 Å². The van der Waals surface area contributed by atoms with Crippen LogP contribution < -0.4 is 5.32 Å². The van der Waals surface area contributed by atoms with Crippen molar-refractivity contribution in [3.8, 4) is 11.1 Å². The molecule has 1 amide bonds. The molecule has 0 atom stereocenters. The molecule has 1 N–H and O–H groups in total. The summed E-state index contributed by atoms with van der Waals surface area (Å²) in [5.74, 6) is 0.148. The third kappa shape index (κ3) is 5.79. The molecule has 9 heteroatoms. The molecule has 0 aromatic carbocycles. The molecule has 2 aromatic rings. The standard InChI is InChI=1S/C21H24F3N5O/c1-15(29-9-3-8-28(2)14-29)4-7-20(30)27-19-6-5-16(12-26-19)17-10-18(13-25-11-17)21(22,23)24/h5-6,10-13H,1,3-4,7-9,14H2,2H3,(H,26,27,30). The Morgan fingerprint density at radius 2 is 1.97 bits per heavy atom. The second-order valence-electron chi connectivity index (χ2n) is 7.34. The Morgan fingerprint density at radius 1 is 1.17 bits per heavy atom. The van der Waals surface area contributed by atoms with Crippen LogP contribution in [0.1, 0.15) is 24.8 Å². The summed E-state index contributed by atoms with van der Waals surface area (Å²) in [6.07, 6.45) is 0.968. The molecule has 0 bridgehead atoms. The van der Waals surface area contributed by atoms with Crippen molar-refractivity contribution >= 4 is 11.7 Å². The van der Waals surface area contributed by atoms with Crippen molar-refractivity contribution in [1.82, 2.24) is 19.8 Å². The second kappa shape index (κ2) is 9.25. The van der Waals surface area contributed by atoms with Gasteiger partial charge in [-0.1, -0.05) is 6.58 Å². The number of amides is 1. The Hall–Kier alpha value is -2.94. The number of rotatable bonds is 6. The lowest BCUT2D eigenvalue weighted by Gasteiger charge is -2.36. The maximum absolute atomic E-state index is 12.8. The van der Waals surface area contributed by atoms with Gasteiger partial charge in [0.05, 0.1) is 12.2 Å². The van der Waals surface area contributed by atoms with E-state index in [4.69, 9.17) is 0 Å². The minimum atomic E-state index is -4.46. The van der Waals surface area contributed by atoms with Gasteiger partial charge in [-0.25, -0.2) is 4.98 Å². The Labute approximate surface area is 173 Å². The van der Waals surface area contributed by atoms with Crippen LogP contribution in [0.15, 0.2) is 49.1 Å². The van der Waals surface area contributed by atoms with E-state index in [-0.39, 0.29) is 12.3 Å². The van der Waals surface area contributed by atoms with Gasteiger partial charge in [-0.3, -0.25) is 14.7 Å². The molecule has 160 valence electrons. The molecular weight excluding hydrogens is 395 g/mol. The molecule has 2 aromatic heterocycles. The van der Waals surface area contributed by atoms with Gasteiger partial charge in [0.1, 0.15) is 5.82 Å². The first-order valence-electron chi connectivity index (χ1n) is 9.62. The van der Waals surface area contributed by atoms with E-state index in [9.17, 15) is 18.0 Å². The van der Waals surface area contributed by atoms with Gasteiger partial charge in [-0.2, -0.15) is 13.2 Å². The highest BCUT2D eigenvalue weighted by molar-refractivity contribution is 5.90. The van der Waals surface area contributed by atoms with Gasteiger partial charge in [-0.15, -0.1) is 0 Å². The minimum absolute atomic E-state index is 0.192. The Balaban J connectivity index is 1.54. The summed E-state index contributed by atoms with van der Waals surface area (Å²) in [6.45, 7) is 6.89. The van der Waals surface area contributed by atoms with Crippen LogP contribution >= 0.6 is 0 Å². The summed E-state index contributed by atoms with van der Waals surface area (Å²) in [6, 6.07) is 4.18. The van der Waals surface area contributed by atoms with Gasteiger partial charge in [0.15, 0.2) is 0 Å². The average molecular weight is 419 g/mol. The summed E-state index contributed by atoms with van der Waals surface area (Å²) in [7, 11) is 2.05. The summed E-state index contributed by atoms with van der Waals surface area (Å²) in [5.41, 5.74) is 0.891.